The van der Waals surface area contributed by atoms with Crippen molar-refractivity contribution in [2.75, 3.05) is 0 Å². The first-order valence-corrected chi connectivity index (χ1v) is 5.55. The highest BCUT2D eigenvalue weighted by atomic mass is 16.1. The maximum Gasteiger partial charge on any atom is 0.218 e. The van der Waals surface area contributed by atoms with Crippen LogP contribution >= 0.6 is 0 Å². The van der Waals surface area contributed by atoms with Gasteiger partial charge in [0, 0.05) is 37.3 Å². The lowest BCUT2D eigenvalue weighted by atomic mass is 10.1. The molecule has 1 rings (SSSR count). The van der Waals surface area contributed by atoms with E-state index in [1.165, 1.54) is 0 Å². The van der Waals surface area contributed by atoms with Crippen molar-refractivity contribution in [3.63, 3.8) is 0 Å². The zero-order chi connectivity index (χ0) is 12.1. The van der Waals surface area contributed by atoms with Crippen molar-refractivity contribution < 1.29 is 4.79 Å². The molecular formula is C11H20N4O. The van der Waals surface area contributed by atoms with Gasteiger partial charge in [-0.2, -0.15) is 5.10 Å². The van der Waals surface area contributed by atoms with Crippen LogP contribution in [0.5, 0.6) is 0 Å². The number of rotatable bonds is 6. The quantitative estimate of drug-likeness (QED) is 0.748. The standard InChI is InChI=1S/C11H20N4O/c1-4-10(9-6-13-15(3)7-9)14-8(2)5-11(12)16/h6-8,10,14H,4-5H2,1-3H3,(H2,12,16). The fourth-order valence-electron chi connectivity index (χ4n) is 1.77. The molecule has 2 unspecified atom stereocenters. The first-order chi connectivity index (χ1) is 7.52. The molecule has 1 heterocycles. The molecule has 2 atom stereocenters. The number of nitrogens with zero attached hydrogens (tertiary/aromatic N) is 2. The van der Waals surface area contributed by atoms with E-state index in [9.17, 15) is 4.79 Å². The second-order valence-electron chi connectivity index (χ2n) is 4.15. The van der Waals surface area contributed by atoms with E-state index in [0.717, 1.165) is 12.0 Å². The Morgan fingerprint density at radius 3 is 2.81 bits per heavy atom. The largest absolute Gasteiger partial charge is 0.370 e. The molecule has 1 aromatic heterocycles. The smallest absolute Gasteiger partial charge is 0.218 e. The first kappa shape index (κ1) is 12.7. The molecule has 0 aliphatic rings. The fraction of sp³-hybridized carbons (Fsp3) is 0.636. The van der Waals surface area contributed by atoms with E-state index in [4.69, 9.17) is 5.73 Å². The molecule has 1 aromatic rings. The van der Waals surface area contributed by atoms with E-state index in [1.54, 1.807) is 4.68 Å². The molecule has 0 radical (unpaired) electrons. The second kappa shape index (κ2) is 5.65. The van der Waals surface area contributed by atoms with Crippen molar-refractivity contribution in [1.29, 1.82) is 0 Å². The Kier molecular flexibility index (Phi) is 4.49. The monoisotopic (exact) mass is 224 g/mol. The molecule has 1 amide bonds. The lowest BCUT2D eigenvalue weighted by Gasteiger charge is -2.20. The summed E-state index contributed by atoms with van der Waals surface area (Å²) >= 11 is 0. The van der Waals surface area contributed by atoms with Crippen molar-refractivity contribution in [3.8, 4) is 0 Å². The van der Waals surface area contributed by atoms with Gasteiger partial charge in [-0.05, 0) is 13.3 Å². The van der Waals surface area contributed by atoms with Crippen LogP contribution in [-0.4, -0.2) is 21.7 Å². The van der Waals surface area contributed by atoms with Crippen LogP contribution in [0.2, 0.25) is 0 Å². The summed E-state index contributed by atoms with van der Waals surface area (Å²) in [5, 5.41) is 7.51. The Bertz CT molecular complexity index is 348. The van der Waals surface area contributed by atoms with Crippen molar-refractivity contribution >= 4 is 5.91 Å². The Balaban J connectivity index is 2.58. The van der Waals surface area contributed by atoms with Crippen LogP contribution in [0.25, 0.3) is 0 Å². The predicted octanol–water partition coefficient (Wildman–Crippen LogP) is 0.725. The zero-order valence-corrected chi connectivity index (χ0v) is 10.1. The van der Waals surface area contributed by atoms with Gasteiger partial charge >= 0.3 is 0 Å². The van der Waals surface area contributed by atoms with E-state index >= 15 is 0 Å². The van der Waals surface area contributed by atoms with Gasteiger partial charge in [-0.1, -0.05) is 6.92 Å². The van der Waals surface area contributed by atoms with Crippen LogP contribution in [0.15, 0.2) is 12.4 Å². The molecule has 90 valence electrons. The number of nitrogens with two attached hydrogens (primary N) is 1. The number of aromatic nitrogens is 2. The zero-order valence-electron chi connectivity index (χ0n) is 10.1. The Morgan fingerprint density at radius 2 is 2.38 bits per heavy atom. The van der Waals surface area contributed by atoms with Gasteiger partial charge in [0.15, 0.2) is 0 Å². The van der Waals surface area contributed by atoms with Gasteiger partial charge < -0.3 is 11.1 Å². The molecule has 5 heteroatoms. The van der Waals surface area contributed by atoms with Crippen LogP contribution in [0, 0.1) is 0 Å². The summed E-state index contributed by atoms with van der Waals surface area (Å²) in [6, 6.07) is 0.311. The van der Waals surface area contributed by atoms with Crippen LogP contribution in [-0.2, 0) is 11.8 Å². The first-order valence-electron chi connectivity index (χ1n) is 5.55. The van der Waals surface area contributed by atoms with Crippen molar-refractivity contribution in [3.05, 3.63) is 18.0 Å². The van der Waals surface area contributed by atoms with Gasteiger partial charge in [0.05, 0.1) is 6.20 Å². The maximum absolute atomic E-state index is 10.8. The number of carbonyl (C=O) groups excluding carboxylic acids is 1. The molecule has 0 aliphatic carbocycles. The third-order valence-corrected chi connectivity index (χ3v) is 2.53. The minimum atomic E-state index is -0.277. The van der Waals surface area contributed by atoms with Crippen LogP contribution < -0.4 is 11.1 Å². The highest BCUT2D eigenvalue weighted by molar-refractivity contribution is 5.74. The molecule has 0 bridgehead atoms. The van der Waals surface area contributed by atoms with E-state index < -0.39 is 0 Å². The molecule has 5 nitrogen and oxygen atoms in total. The summed E-state index contributed by atoms with van der Waals surface area (Å²) in [5.74, 6) is -0.277. The number of amides is 1. The number of primary amides is 1. The van der Waals surface area contributed by atoms with Crippen molar-refractivity contribution in [2.45, 2.75) is 38.8 Å². The Morgan fingerprint density at radius 1 is 1.69 bits per heavy atom. The SMILES string of the molecule is CCC(NC(C)CC(N)=O)c1cnn(C)c1. The molecule has 0 aliphatic heterocycles. The van der Waals surface area contributed by atoms with Crippen molar-refractivity contribution in [2.24, 2.45) is 12.8 Å². The van der Waals surface area contributed by atoms with Crippen molar-refractivity contribution in [1.82, 2.24) is 15.1 Å². The minimum absolute atomic E-state index is 0.0858. The highest BCUT2D eigenvalue weighted by Crippen LogP contribution is 2.16. The lowest BCUT2D eigenvalue weighted by molar-refractivity contribution is -0.118. The van der Waals surface area contributed by atoms with Gasteiger partial charge in [0.25, 0.3) is 0 Å². The molecule has 0 spiro atoms. The number of carbonyl (C=O) groups is 1. The molecule has 3 N–H and O–H groups in total. The van der Waals surface area contributed by atoms with E-state index in [1.807, 2.05) is 26.4 Å². The Hall–Kier alpha value is -1.36. The average Bonchev–Trinajstić information content (AvgIpc) is 2.60. The van der Waals surface area contributed by atoms with Gasteiger partial charge in [-0.15, -0.1) is 0 Å². The topological polar surface area (TPSA) is 72.9 Å². The summed E-state index contributed by atoms with van der Waals surface area (Å²) in [5.41, 5.74) is 6.30. The Labute approximate surface area is 96.0 Å². The molecule has 16 heavy (non-hydrogen) atoms. The number of nitrogens with one attached hydrogen (secondary N) is 1. The molecule has 0 saturated heterocycles. The summed E-state index contributed by atoms with van der Waals surface area (Å²) in [6.45, 7) is 4.06. The predicted molar refractivity (Wildman–Crippen MR) is 62.6 cm³/mol. The highest BCUT2D eigenvalue weighted by Gasteiger charge is 2.15. The lowest BCUT2D eigenvalue weighted by Crippen LogP contribution is -2.33. The van der Waals surface area contributed by atoms with Crippen LogP contribution in [0.4, 0.5) is 0 Å². The van der Waals surface area contributed by atoms with Gasteiger partial charge in [-0.25, -0.2) is 0 Å². The number of hydrogen-bond acceptors (Lipinski definition) is 3. The molecule has 0 fully saturated rings. The summed E-state index contributed by atoms with van der Waals surface area (Å²) in [6.07, 6.45) is 5.14. The van der Waals surface area contributed by atoms with E-state index in [0.29, 0.717) is 6.42 Å². The number of aryl methyl sites for hydroxylation is 1. The summed E-state index contributed by atoms with van der Waals surface area (Å²) in [4.78, 5) is 10.8. The van der Waals surface area contributed by atoms with Gasteiger partial charge in [-0.3, -0.25) is 9.48 Å². The van der Waals surface area contributed by atoms with E-state index in [-0.39, 0.29) is 18.0 Å². The normalized spacial score (nSPS) is 14.7. The van der Waals surface area contributed by atoms with Gasteiger partial charge in [0.2, 0.25) is 5.91 Å². The number of hydrogen-bond donors (Lipinski definition) is 2. The van der Waals surface area contributed by atoms with Crippen LogP contribution in [0.3, 0.4) is 0 Å². The minimum Gasteiger partial charge on any atom is -0.370 e. The summed E-state index contributed by atoms with van der Waals surface area (Å²) < 4.78 is 1.78. The van der Waals surface area contributed by atoms with Crippen LogP contribution in [0.1, 0.15) is 38.3 Å². The molecule has 0 aromatic carbocycles. The van der Waals surface area contributed by atoms with Gasteiger partial charge in [0.1, 0.15) is 0 Å². The summed E-state index contributed by atoms with van der Waals surface area (Å²) in [7, 11) is 1.89. The molecular weight excluding hydrogens is 204 g/mol. The van der Waals surface area contributed by atoms with E-state index in [2.05, 4.69) is 17.3 Å². The fourth-order valence-corrected chi connectivity index (χ4v) is 1.77. The molecule has 0 saturated carbocycles. The maximum atomic E-state index is 10.8. The third-order valence-electron chi connectivity index (χ3n) is 2.53. The second-order valence-corrected chi connectivity index (χ2v) is 4.15. The average molecular weight is 224 g/mol. The third kappa shape index (κ3) is 3.66.